The number of nitriles is 1. The van der Waals surface area contributed by atoms with Crippen LogP contribution in [0.1, 0.15) is 60.1 Å². The average molecular weight is 394 g/mol. The van der Waals surface area contributed by atoms with Crippen LogP contribution in [0.5, 0.6) is 5.75 Å². The van der Waals surface area contributed by atoms with Crippen LogP contribution in [0.3, 0.4) is 0 Å². The number of rotatable bonds is 4. The van der Waals surface area contributed by atoms with Crippen molar-refractivity contribution in [2.24, 2.45) is 0 Å². The number of para-hydroxylation sites is 2. The molecule has 152 valence electrons. The Morgan fingerprint density at radius 2 is 1.72 bits per heavy atom. The molecule has 0 aliphatic carbocycles. The quantitative estimate of drug-likeness (QED) is 0.540. The zero-order chi connectivity index (χ0) is 22.1. The largest absolute Gasteiger partial charge is 0.486 e. The van der Waals surface area contributed by atoms with Crippen LogP contribution in [0.2, 0.25) is 0 Å². The summed E-state index contributed by atoms with van der Waals surface area (Å²) in [6.07, 6.45) is 0. The molecule has 1 aliphatic rings. The number of carbonyl (C=O) groups is 1. The normalized spacial score (nSPS) is 19.2. The number of esters is 1. The van der Waals surface area contributed by atoms with Gasteiger partial charge in [0, 0.05) is 1.37 Å². The van der Waals surface area contributed by atoms with E-state index in [0.717, 1.165) is 11.3 Å². The standard InChI is InChI=1S/C24H28N2O3/c1-23(2,3)28-19-10-8-7-9-18(19)26-20(17-13-11-16(15-25)12-14-17)21(26)22(27)29-24(4,5)6/h7-14,20-21H,1-6H3/t20-,21-,26?/m0/s1/i4D. The first-order valence-electron chi connectivity index (χ1n) is 10.4. The highest BCUT2D eigenvalue weighted by Crippen LogP contribution is 2.51. The minimum atomic E-state index is -0.859. The van der Waals surface area contributed by atoms with E-state index < -0.39 is 11.6 Å². The lowest BCUT2D eigenvalue weighted by Gasteiger charge is -2.24. The van der Waals surface area contributed by atoms with Gasteiger partial charge < -0.3 is 14.4 Å². The molecule has 0 aromatic heterocycles. The molecule has 3 rings (SSSR count). The van der Waals surface area contributed by atoms with Gasteiger partial charge in [0.1, 0.15) is 17.0 Å². The molecule has 2 aromatic rings. The van der Waals surface area contributed by atoms with Crippen LogP contribution in [0.15, 0.2) is 48.5 Å². The number of carbonyl (C=O) groups excluding carboxylic acids is 1. The van der Waals surface area contributed by atoms with Crippen LogP contribution in [0.25, 0.3) is 0 Å². The molecule has 0 saturated carbocycles. The monoisotopic (exact) mass is 393 g/mol. The molecule has 5 heteroatoms. The van der Waals surface area contributed by atoms with Crippen molar-refractivity contribution in [1.82, 2.24) is 0 Å². The minimum Gasteiger partial charge on any atom is -0.486 e. The van der Waals surface area contributed by atoms with Crippen LogP contribution in [0.4, 0.5) is 5.69 Å². The molecule has 5 nitrogen and oxygen atoms in total. The van der Waals surface area contributed by atoms with E-state index in [9.17, 15) is 4.79 Å². The van der Waals surface area contributed by atoms with Crippen molar-refractivity contribution in [1.29, 1.82) is 5.26 Å². The maximum Gasteiger partial charge on any atom is 0.331 e. The van der Waals surface area contributed by atoms with Gasteiger partial charge in [0.2, 0.25) is 0 Å². The van der Waals surface area contributed by atoms with E-state index in [1.807, 2.05) is 62.1 Å². The van der Waals surface area contributed by atoms with Gasteiger partial charge in [0.05, 0.1) is 23.4 Å². The van der Waals surface area contributed by atoms with E-state index in [-0.39, 0.29) is 24.5 Å². The fraction of sp³-hybridized carbons (Fsp3) is 0.417. The third kappa shape index (κ3) is 4.89. The Bertz CT molecular complexity index is 958. The summed E-state index contributed by atoms with van der Waals surface area (Å²) in [4.78, 5) is 15.0. The second-order valence-electron chi connectivity index (χ2n) is 8.89. The molecule has 1 aliphatic heterocycles. The fourth-order valence-electron chi connectivity index (χ4n) is 3.29. The number of anilines is 1. The highest BCUT2D eigenvalue weighted by Gasteiger charge is 2.56. The Hall–Kier alpha value is -3.00. The number of nitrogens with zero attached hydrogens (tertiary/aromatic N) is 2. The van der Waals surface area contributed by atoms with Gasteiger partial charge in [0.15, 0.2) is 6.04 Å². The van der Waals surface area contributed by atoms with Gasteiger partial charge in [0.25, 0.3) is 0 Å². The molecule has 0 radical (unpaired) electrons. The maximum atomic E-state index is 13.0. The zero-order valence-electron chi connectivity index (χ0n) is 18.6. The highest BCUT2D eigenvalue weighted by molar-refractivity contribution is 5.90. The minimum absolute atomic E-state index is 0.0171. The smallest absolute Gasteiger partial charge is 0.331 e. The Kier molecular flexibility index (Phi) is 4.96. The molecule has 1 saturated heterocycles. The van der Waals surface area contributed by atoms with Crippen LogP contribution < -0.4 is 9.64 Å². The summed E-state index contributed by atoms with van der Waals surface area (Å²) in [5, 5.41) is 9.08. The van der Waals surface area contributed by atoms with E-state index in [1.54, 1.807) is 26.0 Å². The predicted octanol–water partition coefficient (Wildman–Crippen LogP) is 5.01. The van der Waals surface area contributed by atoms with Crippen molar-refractivity contribution in [3.63, 3.8) is 0 Å². The summed E-state index contributed by atoms with van der Waals surface area (Å²) in [6, 6.07) is 16.2. The van der Waals surface area contributed by atoms with Gasteiger partial charge in [-0.05, 0) is 71.3 Å². The van der Waals surface area contributed by atoms with E-state index in [4.69, 9.17) is 16.1 Å². The third-order valence-electron chi connectivity index (χ3n) is 4.37. The first-order valence-corrected chi connectivity index (χ1v) is 9.65. The molecular weight excluding hydrogens is 364 g/mol. The van der Waals surface area contributed by atoms with Crippen molar-refractivity contribution in [2.45, 2.75) is 64.8 Å². The van der Waals surface area contributed by atoms with E-state index in [0.29, 0.717) is 11.3 Å². The molecule has 0 N–H and O–H groups in total. The molecule has 1 heterocycles. The van der Waals surface area contributed by atoms with Crippen molar-refractivity contribution in [2.75, 3.05) is 4.90 Å². The van der Waals surface area contributed by atoms with Gasteiger partial charge in [-0.3, -0.25) is 0 Å². The van der Waals surface area contributed by atoms with Gasteiger partial charge in [-0.1, -0.05) is 24.3 Å². The molecule has 2 atom stereocenters. The fourth-order valence-corrected chi connectivity index (χ4v) is 3.29. The Morgan fingerprint density at radius 1 is 1.07 bits per heavy atom. The summed E-state index contributed by atoms with van der Waals surface area (Å²) in [5.74, 6) is 0.325. The Balaban J connectivity index is 1.97. The van der Waals surface area contributed by atoms with Gasteiger partial charge in [-0.15, -0.1) is 0 Å². The molecule has 0 spiro atoms. The average Bonchev–Trinajstić information content (AvgIpc) is 3.42. The van der Waals surface area contributed by atoms with E-state index >= 15 is 0 Å². The summed E-state index contributed by atoms with van der Waals surface area (Å²) in [7, 11) is 0. The predicted molar refractivity (Wildman–Crippen MR) is 113 cm³/mol. The second-order valence-corrected chi connectivity index (χ2v) is 8.89. The van der Waals surface area contributed by atoms with Crippen LogP contribution in [0, 0.1) is 11.3 Å². The Labute approximate surface area is 174 Å². The van der Waals surface area contributed by atoms with Crippen LogP contribution in [-0.2, 0) is 9.53 Å². The first kappa shape index (κ1) is 19.3. The van der Waals surface area contributed by atoms with E-state index in [2.05, 4.69) is 6.07 Å². The number of hydrogen-bond donors (Lipinski definition) is 0. The van der Waals surface area contributed by atoms with Crippen molar-refractivity contribution in [3.05, 3.63) is 59.7 Å². The van der Waals surface area contributed by atoms with Crippen molar-refractivity contribution >= 4 is 11.7 Å². The number of ether oxygens (including phenoxy) is 2. The Morgan fingerprint density at radius 3 is 2.31 bits per heavy atom. The molecular formula is C24H28N2O3. The zero-order valence-corrected chi connectivity index (χ0v) is 17.6. The van der Waals surface area contributed by atoms with Crippen molar-refractivity contribution in [3.8, 4) is 11.8 Å². The number of benzene rings is 2. The molecule has 0 bridgehead atoms. The van der Waals surface area contributed by atoms with E-state index in [1.165, 1.54) is 0 Å². The van der Waals surface area contributed by atoms with Gasteiger partial charge in [-0.2, -0.15) is 5.26 Å². The van der Waals surface area contributed by atoms with Gasteiger partial charge in [-0.25, -0.2) is 4.79 Å². The summed E-state index contributed by atoms with van der Waals surface area (Å²) >= 11 is 0. The maximum absolute atomic E-state index is 13.0. The van der Waals surface area contributed by atoms with Crippen LogP contribution in [-0.4, -0.2) is 23.2 Å². The lowest BCUT2D eigenvalue weighted by atomic mass is 10.1. The third-order valence-corrected chi connectivity index (χ3v) is 4.37. The van der Waals surface area contributed by atoms with Crippen molar-refractivity contribution < 1.29 is 15.6 Å². The molecule has 29 heavy (non-hydrogen) atoms. The number of hydrogen-bond acceptors (Lipinski definition) is 5. The van der Waals surface area contributed by atoms with Gasteiger partial charge >= 0.3 is 5.97 Å². The molecule has 0 amide bonds. The lowest BCUT2D eigenvalue weighted by molar-refractivity contribution is -0.154. The summed E-state index contributed by atoms with van der Waals surface area (Å²) < 4.78 is 19.4. The first-order chi connectivity index (χ1) is 14.1. The summed E-state index contributed by atoms with van der Waals surface area (Å²) in [5.41, 5.74) is 1.05. The molecule has 1 fully saturated rings. The lowest BCUT2D eigenvalue weighted by Crippen LogP contribution is -2.28. The van der Waals surface area contributed by atoms with Crippen LogP contribution >= 0.6 is 0 Å². The highest BCUT2D eigenvalue weighted by atomic mass is 16.6. The molecule has 0 unspecified atom stereocenters. The molecule has 2 aromatic carbocycles. The SMILES string of the molecule is [2H]CC(C)(C)OC(=O)[C@@H]1[C@H](c2ccc(C#N)cc2)N1c1ccccc1OC(C)(C)C. The topological polar surface area (TPSA) is 62.3 Å². The summed E-state index contributed by atoms with van der Waals surface area (Å²) in [6.45, 7) is 9.39. The second kappa shape index (κ2) is 7.44.